The van der Waals surface area contributed by atoms with E-state index in [9.17, 15) is 4.79 Å². The molecule has 0 bridgehead atoms. The molecule has 0 spiro atoms. The number of rotatable bonds is 5. The minimum absolute atomic E-state index is 0.0574. The third-order valence-corrected chi connectivity index (χ3v) is 3.93. The fourth-order valence-corrected chi connectivity index (χ4v) is 1.94. The highest BCUT2D eigenvalue weighted by Gasteiger charge is 2.23. The van der Waals surface area contributed by atoms with Crippen LogP contribution in [0.5, 0.6) is 0 Å². The Morgan fingerprint density at radius 1 is 1.59 bits per heavy atom. The first-order valence-electron chi connectivity index (χ1n) is 5.40. The van der Waals surface area contributed by atoms with Crippen LogP contribution >= 0.6 is 27.5 Å². The van der Waals surface area contributed by atoms with Crippen molar-refractivity contribution < 1.29 is 9.90 Å². The van der Waals surface area contributed by atoms with Gasteiger partial charge in [0.05, 0.1) is 5.02 Å². The van der Waals surface area contributed by atoms with Crippen molar-refractivity contribution in [3.05, 3.63) is 27.7 Å². The molecule has 0 heterocycles. The highest BCUT2D eigenvalue weighted by atomic mass is 79.9. The van der Waals surface area contributed by atoms with E-state index in [1.807, 2.05) is 13.8 Å². The first kappa shape index (κ1) is 14.3. The van der Waals surface area contributed by atoms with Gasteiger partial charge in [0.25, 0.3) is 0 Å². The van der Waals surface area contributed by atoms with Gasteiger partial charge in [-0.2, -0.15) is 0 Å². The summed E-state index contributed by atoms with van der Waals surface area (Å²) in [6, 6.07) is 4.68. The van der Waals surface area contributed by atoms with E-state index in [0.29, 0.717) is 5.02 Å². The Morgan fingerprint density at radius 2 is 2.24 bits per heavy atom. The zero-order valence-electron chi connectivity index (χ0n) is 9.71. The van der Waals surface area contributed by atoms with Crippen LogP contribution in [-0.4, -0.2) is 17.1 Å². The van der Waals surface area contributed by atoms with Crippen LogP contribution in [0.3, 0.4) is 0 Å². The van der Waals surface area contributed by atoms with Crippen LogP contribution in [0, 0.1) is 5.92 Å². The van der Waals surface area contributed by atoms with Gasteiger partial charge in [-0.05, 0) is 40.0 Å². The molecule has 2 N–H and O–H groups in total. The maximum Gasteiger partial charge on any atom is 0.326 e. The first-order valence-corrected chi connectivity index (χ1v) is 6.57. The van der Waals surface area contributed by atoms with Crippen molar-refractivity contribution in [3.63, 3.8) is 0 Å². The van der Waals surface area contributed by atoms with E-state index < -0.39 is 12.0 Å². The van der Waals surface area contributed by atoms with E-state index in [1.54, 1.807) is 18.2 Å². The van der Waals surface area contributed by atoms with Gasteiger partial charge in [-0.25, -0.2) is 4.79 Å². The number of hydrogen-bond acceptors (Lipinski definition) is 2. The third-order valence-electron chi connectivity index (χ3n) is 2.72. The van der Waals surface area contributed by atoms with Gasteiger partial charge in [-0.1, -0.05) is 31.9 Å². The molecule has 1 aromatic carbocycles. The van der Waals surface area contributed by atoms with Crippen LogP contribution in [0.25, 0.3) is 0 Å². The Kier molecular flexibility index (Phi) is 5.28. The van der Waals surface area contributed by atoms with Crippen molar-refractivity contribution in [2.24, 2.45) is 5.92 Å². The lowest BCUT2D eigenvalue weighted by atomic mass is 9.99. The Morgan fingerprint density at radius 3 is 2.71 bits per heavy atom. The van der Waals surface area contributed by atoms with Crippen molar-refractivity contribution in [2.75, 3.05) is 5.32 Å². The summed E-state index contributed by atoms with van der Waals surface area (Å²) in [7, 11) is 0. The molecular formula is C12H15BrClNO2. The average Bonchev–Trinajstić information content (AvgIpc) is 2.29. The van der Waals surface area contributed by atoms with Gasteiger partial charge in [-0.3, -0.25) is 0 Å². The Hall–Kier alpha value is -0.740. The van der Waals surface area contributed by atoms with E-state index in [-0.39, 0.29) is 5.92 Å². The summed E-state index contributed by atoms with van der Waals surface area (Å²) in [6.45, 7) is 3.89. The molecule has 0 aliphatic rings. The molecule has 0 aromatic heterocycles. The minimum atomic E-state index is -0.842. The number of anilines is 1. The number of aliphatic carboxylic acids is 1. The molecule has 0 aliphatic heterocycles. The van der Waals surface area contributed by atoms with Gasteiger partial charge >= 0.3 is 5.97 Å². The summed E-state index contributed by atoms with van der Waals surface area (Å²) < 4.78 is 0.748. The van der Waals surface area contributed by atoms with Crippen LogP contribution in [0.2, 0.25) is 5.02 Å². The second-order valence-electron chi connectivity index (χ2n) is 3.97. The van der Waals surface area contributed by atoms with Crippen molar-refractivity contribution >= 4 is 39.2 Å². The lowest BCUT2D eigenvalue weighted by Crippen LogP contribution is -2.35. The van der Waals surface area contributed by atoms with Crippen LogP contribution in [-0.2, 0) is 4.79 Å². The number of halogens is 2. The summed E-state index contributed by atoms with van der Waals surface area (Å²) in [5.41, 5.74) is 0.744. The topological polar surface area (TPSA) is 49.3 Å². The van der Waals surface area contributed by atoms with E-state index in [4.69, 9.17) is 16.7 Å². The average molecular weight is 321 g/mol. The van der Waals surface area contributed by atoms with Crippen molar-refractivity contribution in [1.82, 2.24) is 0 Å². The smallest absolute Gasteiger partial charge is 0.326 e. The SMILES string of the molecule is CCC(C)C(Nc1ccc(Cl)c(Br)c1)C(=O)O. The standard InChI is InChI=1S/C12H15BrClNO2/c1-3-7(2)11(12(16)17)15-8-4-5-10(14)9(13)6-8/h4-7,11,15H,3H2,1-2H3,(H,16,17). The predicted octanol–water partition coefficient (Wildman–Crippen LogP) is 4.01. The molecule has 17 heavy (non-hydrogen) atoms. The van der Waals surface area contributed by atoms with Gasteiger partial charge in [0.1, 0.15) is 6.04 Å². The second kappa shape index (κ2) is 6.26. The van der Waals surface area contributed by atoms with Gasteiger partial charge < -0.3 is 10.4 Å². The summed E-state index contributed by atoms with van der Waals surface area (Å²) in [5, 5.41) is 12.8. The normalized spacial score (nSPS) is 14.1. The van der Waals surface area contributed by atoms with E-state index in [1.165, 1.54) is 0 Å². The largest absolute Gasteiger partial charge is 0.480 e. The molecule has 0 saturated heterocycles. The highest BCUT2D eigenvalue weighted by Crippen LogP contribution is 2.26. The molecule has 94 valence electrons. The first-order chi connectivity index (χ1) is 7.95. The zero-order valence-corrected chi connectivity index (χ0v) is 12.0. The van der Waals surface area contributed by atoms with Crippen LogP contribution in [0.4, 0.5) is 5.69 Å². The lowest BCUT2D eigenvalue weighted by Gasteiger charge is -2.21. The third kappa shape index (κ3) is 3.89. The van der Waals surface area contributed by atoms with Gasteiger partial charge in [0, 0.05) is 10.2 Å². The fourth-order valence-electron chi connectivity index (χ4n) is 1.45. The van der Waals surface area contributed by atoms with Gasteiger partial charge in [0.15, 0.2) is 0 Å². The summed E-state index contributed by atoms with van der Waals surface area (Å²) >= 11 is 9.19. The molecule has 0 saturated carbocycles. The molecule has 5 heteroatoms. The molecule has 1 aromatic rings. The quantitative estimate of drug-likeness (QED) is 0.861. The van der Waals surface area contributed by atoms with Crippen LogP contribution in [0.1, 0.15) is 20.3 Å². The Labute approximate surface area is 114 Å². The van der Waals surface area contributed by atoms with Crippen molar-refractivity contribution in [2.45, 2.75) is 26.3 Å². The molecule has 0 radical (unpaired) electrons. The van der Waals surface area contributed by atoms with Crippen LogP contribution < -0.4 is 5.32 Å². The summed E-state index contributed by atoms with van der Waals surface area (Å²) in [4.78, 5) is 11.2. The van der Waals surface area contributed by atoms with Gasteiger partial charge in [-0.15, -0.1) is 0 Å². The molecule has 2 atom stereocenters. The molecule has 0 aliphatic carbocycles. The number of carboxylic acids is 1. The van der Waals surface area contributed by atoms with E-state index in [2.05, 4.69) is 21.2 Å². The molecule has 0 fully saturated rings. The zero-order chi connectivity index (χ0) is 13.0. The molecular weight excluding hydrogens is 305 g/mol. The van der Waals surface area contributed by atoms with Crippen molar-refractivity contribution in [1.29, 1.82) is 0 Å². The van der Waals surface area contributed by atoms with E-state index in [0.717, 1.165) is 16.6 Å². The number of benzene rings is 1. The van der Waals surface area contributed by atoms with Gasteiger partial charge in [0.2, 0.25) is 0 Å². The lowest BCUT2D eigenvalue weighted by molar-refractivity contribution is -0.139. The summed E-state index contributed by atoms with van der Waals surface area (Å²) in [6.07, 6.45) is 0.804. The fraction of sp³-hybridized carbons (Fsp3) is 0.417. The predicted molar refractivity (Wildman–Crippen MR) is 73.7 cm³/mol. The molecule has 1 rings (SSSR count). The summed E-state index contributed by atoms with van der Waals surface area (Å²) in [5.74, 6) is -0.785. The molecule has 0 amide bonds. The molecule has 3 nitrogen and oxygen atoms in total. The Bertz CT molecular complexity index is 411. The maximum atomic E-state index is 11.2. The van der Waals surface area contributed by atoms with E-state index >= 15 is 0 Å². The molecule has 2 unspecified atom stereocenters. The number of carboxylic acid groups (broad SMARTS) is 1. The maximum absolute atomic E-state index is 11.2. The second-order valence-corrected chi connectivity index (χ2v) is 5.24. The minimum Gasteiger partial charge on any atom is -0.480 e. The van der Waals surface area contributed by atoms with Crippen molar-refractivity contribution in [3.8, 4) is 0 Å². The monoisotopic (exact) mass is 319 g/mol. The van der Waals surface area contributed by atoms with Crippen LogP contribution in [0.15, 0.2) is 22.7 Å². The highest BCUT2D eigenvalue weighted by molar-refractivity contribution is 9.10. The number of hydrogen-bond donors (Lipinski definition) is 2. The number of nitrogens with one attached hydrogen (secondary N) is 1. The number of carbonyl (C=O) groups is 1. The Balaban J connectivity index is 2.86.